The number of para-hydroxylation sites is 1. The van der Waals surface area contributed by atoms with Gasteiger partial charge in [0, 0.05) is 23.1 Å². The molecule has 0 saturated carbocycles. The van der Waals surface area contributed by atoms with Crippen LogP contribution in [0.5, 0.6) is 0 Å². The Morgan fingerprint density at radius 1 is 0.459 bits per heavy atom. The molecule has 0 saturated heterocycles. The summed E-state index contributed by atoms with van der Waals surface area (Å²) in [5, 5.41) is 0. The van der Waals surface area contributed by atoms with Gasteiger partial charge in [0.15, 0.2) is 0 Å². The van der Waals surface area contributed by atoms with E-state index < -0.39 is 0 Å². The summed E-state index contributed by atoms with van der Waals surface area (Å²) in [6.07, 6.45) is 6.57. The molecule has 37 heavy (non-hydrogen) atoms. The molecule has 0 atom stereocenters. The minimum atomic E-state index is 1.11. The fourth-order valence-corrected chi connectivity index (χ4v) is 4.30. The zero-order valence-electron chi connectivity index (χ0n) is 21.4. The summed E-state index contributed by atoms with van der Waals surface area (Å²) in [4.78, 5) is 2.28. The fourth-order valence-electron chi connectivity index (χ4n) is 4.30. The Labute approximate surface area is 220 Å². The second kappa shape index (κ2) is 11.4. The number of aryl methyl sites for hydroxylation is 2. The highest BCUT2D eigenvalue weighted by Crippen LogP contribution is 2.32. The Bertz CT molecular complexity index is 1430. The molecule has 180 valence electrons. The topological polar surface area (TPSA) is 3.24 Å². The van der Waals surface area contributed by atoms with Crippen LogP contribution >= 0.6 is 0 Å². The van der Waals surface area contributed by atoms with Crippen LogP contribution in [-0.2, 0) is 0 Å². The standard InChI is InChI=1S/C36H31N/c1-28-13-21-32(22-14-28)36(33-23-15-29(2)16-24-33)27-37(34-11-7-4-8-12-34)35-25-19-31(20-26-35)18-17-30-9-5-3-6-10-30/h3-27H,1-2H3. The van der Waals surface area contributed by atoms with E-state index in [-0.39, 0.29) is 0 Å². The van der Waals surface area contributed by atoms with Gasteiger partial charge in [0.2, 0.25) is 0 Å². The van der Waals surface area contributed by atoms with E-state index in [0.29, 0.717) is 0 Å². The zero-order valence-corrected chi connectivity index (χ0v) is 21.4. The van der Waals surface area contributed by atoms with E-state index in [0.717, 1.165) is 11.4 Å². The molecule has 0 bridgehead atoms. The number of hydrogen-bond acceptors (Lipinski definition) is 1. The van der Waals surface area contributed by atoms with E-state index in [1.807, 2.05) is 6.07 Å². The van der Waals surface area contributed by atoms with Gasteiger partial charge in [-0.3, -0.25) is 0 Å². The number of benzene rings is 5. The van der Waals surface area contributed by atoms with Gasteiger partial charge in [-0.15, -0.1) is 0 Å². The van der Waals surface area contributed by atoms with Crippen LogP contribution in [0.15, 0.2) is 140 Å². The van der Waals surface area contributed by atoms with Crippen molar-refractivity contribution in [3.8, 4) is 0 Å². The van der Waals surface area contributed by atoms with E-state index in [4.69, 9.17) is 0 Å². The van der Waals surface area contributed by atoms with Gasteiger partial charge in [0.25, 0.3) is 0 Å². The van der Waals surface area contributed by atoms with E-state index in [2.05, 4.69) is 164 Å². The number of anilines is 2. The SMILES string of the molecule is Cc1ccc(C(=CN(c2ccccc2)c2ccc(C=Cc3ccccc3)cc2)c2ccc(C)cc2)cc1. The van der Waals surface area contributed by atoms with E-state index in [1.54, 1.807) is 0 Å². The third kappa shape index (κ3) is 6.15. The van der Waals surface area contributed by atoms with E-state index in [1.165, 1.54) is 39.0 Å². The summed E-state index contributed by atoms with van der Waals surface area (Å²) in [7, 11) is 0. The lowest BCUT2D eigenvalue weighted by Gasteiger charge is -2.23. The summed E-state index contributed by atoms with van der Waals surface area (Å²) in [6, 6.07) is 47.2. The Kier molecular flexibility index (Phi) is 7.43. The molecule has 0 aliphatic rings. The first-order valence-corrected chi connectivity index (χ1v) is 12.7. The van der Waals surface area contributed by atoms with Gasteiger partial charge in [0.05, 0.1) is 0 Å². The summed E-state index contributed by atoms with van der Waals surface area (Å²) in [5.74, 6) is 0. The molecule has 0 aliphatic carbocycles. The molecule has 0 radical (unpaired) electrons. The Morgan fingerprint density at radius 3 is 1.41 bits per heavy atom. The normalized spacial score (nSPS) is 10.9. The minimum absolute atomic E-state index is 1.11. The lowest BCUT2D eigenvalue weighted by Crippen LogP contribution is -2.10. The highest BCUT2D eigenvalue weighted by atomic mass is 15.1. The van der Waals surface area contributed by atoms with Crippen LogP contribution in [-0.4, -0.2) is 0 Å². The molecule has 5 aromatic carbocycles. The van der Waals surface area contributed by atoms with Gasteiger partial charge >= 0.3 is 0 Å². The van der Waals surface area contributed by atoms with Crippen LogP contribution in [0.2, 0.25) is 0 Å². The molecule has 0 aliphatic heterocycles. The summed E-state index contributed by atoms with van der Waals surface area (Å²) < 4.78 is 0. The molecular formula is C36H31N. The highest BCUT2D eigenvalue weighted by molar-refractivity contribution is 5.84. The van der Waals surface area contributed by atoms with Crippen LogP contribution in [0, 0.1) is 13.8 Å². The van der Waals surface area contributed by atoms with Crippen LogP contribution in [0.3, 0.4) is 0 Å². The molecular weight excluding hydrogens is 446 g/mol. The average molecular weight is 478 g/mol. The second-order valence-corrected chi connectivity index (χ2v) is 9.32. The Balaban J connectivity index is 1.57. The molecule has 5 aromatic rings. The van der Waals surface area contributed by atoms with Gasteiger partial charge in [-0.1, -0.05) is 132 Å². The van der Waals surface area contributed by atoms with Crippen molar-refractivity contribution in [3.63, 3.8) is 0 Å². The first kappa shape index (κ1) is 24.1. The molecule has 0 heterocycles. The Hall–Kier alpha value is -4.62. The molecule has 0 aromatic heterocycles. The van der Waals surface area contributed by atoms with Crippen molar-refractivity contribution in [2.45, 2.75) is 13.8 Å². The first-order valence-electron chi connectivity index (χ1n) is 12.7. The van der Waals surface area contributed by atoms with Crippen molar-refractivity contribution in [2.24, 2.45) is 0 Å². The largest absolute Gasteiger partial charge is 0.317 e. The van der Waals surface area contributed by atoms with Gasteiger partial charge in [-0.2, -0.15) is 0 Å². The quantitative estimate of drug-likeness (QED) is 0.211. The van der Waals surface area contributed by atoms with Crippen molar-refractivity contribution in [3.05, 3.63) is 173 Å². The van der Waals surface area contributed by atoms with Crippen LogP contribution in [0.1, 0.15) is 33.4 Å². The maximum absolute atomic E-state index is 2.28. The smallest absolute Gasteiger partial charge is 0.0456 e. The Morgan fingerprint density at radius 2 is 0.892 bits per heavy atom. The van der Waals surface area contributed by atoms with E-state index in [9.17, 15) is 0 Å². The maximum Gasteiger partial charge on any atom is 0.0456 e. The summed E-state index contributed by atoms with van der Waals surface area (Å²) in [6.45, 7) is 4.26. The first-order chi connectivity index (χ1) is 18.2. The molecule has 0 spiro atoms. The predicted octanol–water partition coefficient (Wildman–Crippen LogP) is 9.70. The van der Waals surface area contributed by atoms with Crippen molar-refractivity contribution in [2.75, 3.05) is 4.90 Å². The predicted molar refractivity (Wildman–Crippen MR) is 160 cm³/mol. The molecule has 0 fully saturated rings. The van der Waals surface area contributed by atoms with Gasteiger partial charge < -0.3 is 4.90 Å². The van der Waals surface area contributed by atoms with Gasteiger partial charge in [0.1, 0.15) is 0 Å². The van der Waals surface area contributed by atoms with E-state index >= 15 is 0 Å². The minimum Gasteiger partial charge on any atom is -0.317 e. The second-order valence-electron chi connectivity index (χ2n) is 9.32. The number of hydrogen-bond donors (Lipinski definition) is 0. The van der Waals surface area contributed by atoms with Crippen molar-refractivity contribution in [1.82, 2.24) is 0 Å². The highest BCUT2D eigenvalue weighted by Gasteiger charge is 2.12. The average Bonchev–Trinajstić information content (AvgIpc) is 2.95. The number of rotatable bonds is 7. The molecule has 5 rings (SSSR count). The molecule has 1 nitrogen and oxygen atoms in total. The molecule has 1 heteroatoms. The monoisotopic (exact) mass is 477 g/mol. The third-order valence-corrected chi connectivity index (χ3v) is 6.46. The van der Waals surface area contributed by atoms with Gasteiger partial charge in [-0.25, -0.2) is 0 Å². The van der Waals surface area contributed by atoms with Crippen molar-refractivity contribution in [1.29, 1.82) is 0 Å². The third-order valence-electron chi connectivity index (χ3n) is 6.46. The summed E-state index contributed by atoms with van der Waals surface area (Å²) in [5.41, 5.74) is 10.7. The number of nitrogens with zero attached hydrogens (tertiary/aromatic N) is 1. The molecule has 0 amide bonds. The van der Waals surface area contributed by atoms with Crippen molar-refractivity contribution >= 4 is 29.1 Å². The van der Waals surface area contributed by atoms with Crippen LogP contribution in [0.25, 0.3) is 17.7 Å². The molecule has 0 unspecified atom stereocenters. The summed E-state index contributed by atoms with van der Waals surface area (Å²) >= 11 is 0. The van der Waals surface area contributed by atoms with Crippen molar-refractivity contribution < 1.29 is 0 Å². The zero-order chi connectivity index (χ0) is 25.5. The van der Waals surface area contributed by atoms with Gasteiger partial charge in [-0.05, 0) is 60.4 Å². The maximum atomic E-state index is 2.28. The fraction of sp³-hybridized carbons (Fsp3) is 0.0556. The molecule has 0 N–H and O–H groups in total. The lowest BCUT2D eigenvalue weighted by atomic mass is 9.97. The van der Waals surface area contributed by atoms with Crippen LogP contribution in [0.4, 0.5) is 11.4 Å². The lowest BCUT2D eigenvalue weighted by molar-refractivity contribution is 1.28. The van der Waals surface area contributed by atoms with Crippen LogP contribution < -0.4 is 4.90 Å².